The summed E-state index contributed by atoms with van der Waals surface area (Å²) in [6.45, 7) is 0.143. The van der Waals surface area contributed by atoms with Crippen LogP contribution >= 0.6 is 23.1 Å². The number of carbonyl (C=O) groups excluding carboxylic acids is 1. The Morgan fingerprint density at radius 1 is 1.29 bits per heavy atom. The minimum Gasteiger partial charge on any atom is -0.342 e. The maximum atomic E-state index is 13.7. The van der Waals surface area contributed by atoms with Crippen LogP contribution in [-0.4, -0.2) is 30.7 Å². The van der Waals surface area contributed by atoms with Gasteiger partial charge < -0.3 is 10.2 Å². The molecule has 7 heteroatoms. The number of nitrogens with one attached hydrogen (secondary N) is 1. The number of carbonyl (C=O) groups is 1. The Morgan fingerprint density at radius 3 is 2.83 bits per heavy atom. The summed E-state index contributed by atoms with van der Waals surface area (Å²) in [7, 11) is 1.77. The number of fused-ring (bicyclic) bond motifs is 1. The minimum atomic E-state index is -0.346. The number of para-hydroxylation sites is 2. The van der Waals surface area contributed by atoms with Gasteiger partial charge in [-0.15, -0.1) is 11.8 Å². The Morgan fingerprint density at radius 2 is 2.08 bits per heavy atom. The molecule has 1 heterocycles. The number of hydrogen-bond acceptors (Lipinski definition) is 5. The zero-order valence-corrected chi connectivity index (χ0v) is 14.9. The normalized spacial score (nSPS) is 10.8. The maximum Gasteiger partial charge on any atom is 0.243 e. The first-order valence-corrected chi connectivity index (χ1v) is 9.31. The quantitative estimate of drug-likeness (QED) is 0.691. The van der Waals surface area contributed by atoms with E-state index in [1.165, 1.54) is 17.4 Å². The number of halogens is 1. The zero-order valence-electron chi connectivity index (χ0n) is 13.2. The average Bonchev–Trinajstić information content (AvgIpc) is 3.01. The largest absolute Gasteiger partial charge is 0.342 e. The lowest BCUT2D eigenvalue weighted by Gasteiger charge is -2.16. The number of hydrogen-bond donors (Lipinski definition) is 1. The van der Waals surface area contributed by atoms with E-state index in [4.69, 9.17) is 0 Å². The van der Waals surface area contributed by atoms with Gasteiger partial charge in [0.1, 0.15) is 11.3 Å². The number of benzene rings is 2. The molecular formula is C17H16FN3OS2. The highest BCUT2D eigenvalue weighted by molar-refractivity contribution is 7.98. The molecule has 0 atom stereocenters. The van der Waals surface area contributed by atoms with E-state index < -0.39 is 0 Å². The van der Waals surface area contributed by atoms with Gasteiger partial charge in [0.05, 0.1) is 16.9 Å². The molecule has 3 rings (SSSR count). The first-order chi connectivity index (χ1) is 11.6. The molecule has 1 aromatic heterocycles. The van der Waals surface area contributed by atoms with Crippen LogP contribution in [0.5, 0.6) is 0 Å². The van der Waals surface area contributed by atoms with Crippen LogP contribution in [0.4, 0.5) is 15.2 Å². The van der Waals surface area contributed by atoms with Crippen LogP contribution < -0.4 is 10.2 Å². The summed E-state index contributed by atoms with van der Waals surface area (Å²) in [5.41, 5.74) is 1.14. The highest BCUT2D eigenvalue weighted by Gasteiger charge is 2.14. The van der Waals surface area contributed by atoms with Gasteiger partial charge in [-0.25, -0.2) is 9.37 Å². The second kappa shape index (κ2) is 7.19. The Bertz CT molecular complexity index is 881. The number of rotatable bonds is 5. The zero-order chi connectivity index (χ0) is 17.1. The summed E-state index contributed by atoms with van der Waals surface area (Å²) in [4.78, 5) is 19.3. The third kappa shape index (κ3) is 3.52. The van der Waals surface area contributed by atoms with Crippen LogP contribution in [0, 0.1) is 5.82 Å². The molecule has 0 radical (unpaired) electrons. The topological polar surface area (TPSA) is 45.2 Å². The standard InChI is InChI=1S/C17H16FN3OS2/c1-21(17-20-16-11(18)6-5-9-14(16)24-17)10-15(22)19-12-7-3-4-8-13(12)23-2/h3-9H,10H2,1-2H3,(H,19,22). The molecule has 0 aliphatic carbocycles. The number of amides is 1. The van der Waals surface area contributed by atoms with Gasteiger partial charge in [-0.1, -0.05) is 29.5 Å². The van der Waals surface area contributed by atoms with Crippen LogP contribution in [0.1, 0.15) is 0 Å². The second-order valence-electron chi connectivity index (χ2n) is 5.19. The number of likely N-dealkylation sites (N-methyl/N-ethyl adjacent to an activating group) is 1. The van der Waals surface area contributed by atoms with Crippen LogP contribution in [-0.2, 0) is 4.79 Å². The molecule has 0 aliphatic rings. The van der Waals surface area contributed by atoms with Gasteiger partial charge >= 0.3 is 0 Å². The molecular weight excluding hydrogens is 345 g/mol. The SMILES string of the molecule is CSc1ccccc1NC(=O)CN(C)c1nc2c(F)cccc2s1. The number of thiazole rings is 1. The second-order valence-corrected chi connectivity index (χ2v) is 7.04. The van der Waals surface area contributed by atoms with E-state index in [1.54, 1.807) is 29.8 Å². The fourth-order valence-corrected chi connectivity index (χ4v) is 3.78. The van der Waals surface area contributed by atoms with E-state index in [-0.39, 0.29) is 18.3 Å². The van der Waals surface area contributed by atoms with E-state index >= 15 is 0 Å². The summed E-state index contributed by atoms with van der Waals surface area (Å²) in [5, 5.41) is 3.52. The summed E-state index contributed by atoms with van der Waals surface area (Å²) in [6, 6.07) is 12.5. The van der Waals surface area contributed by atoms with Crippen molar-refractivity contribution in [3.8, 4) is 0 Å². The predicted molar refractivity (Wildman–Crippen MR) is 99.7 cm³/mol. The van der Waals surface area contributed by atoms with Gasteiger partial charge in [-0.2, -0.15) is 0 Å². The lowest BCUT2D eigenvalue weighted by atomic mass is 10.3. The molecule has 1 amide bonds. The molecule has 0 fully saturated rings. The molecule has 2 aromatic carbocycles. The van der Waals surface area contributed by atoms with E-state index in [0.29, 0.717) is 10.6 Å². The summed E-state index contributed by atoms with van der Waals surface area (Å²) in [5.74, 6) is -0.486. The Hall–Kier alpha value is -2.12. The van der Waals surface area contributed by atoms with Crippen LogP contribution in [0.2, 0.25) is 0 Å². The highest BCUT2D eigenvalue weighted by Crippen LogP contribution is 2.29. The van der Waals surface area contributed by atoms with Gasteiger partial charge in [0.15, 0.2) is 5.13 Å². The fraction of sp³-hybridized carbons (Fsp3) is 0.176. The van der Waals surface area contributed by atoms with Gasteiger partial charge in [0.25, 0.3) is 0 Å². The van der Waals surface area contributed by atoms with Gasteiger partial charge in [-0.05, 0) is 30.5 Å². The number of thioether (sulfide) groups is 1. The van der Waals surface area contributed by atoms with E-state index in [2.05, 4.69) is 10.3 Å². The fourth-order valence-electron chi connectivity index (χ4n) is 2.29. The molecule has 0 aliphatic heterocycles. The van der Waals surface area contributed by atoms with Crippen molar-refractivity contribution in [2.24, 2.45) is 0 Å². The third-order valence-corrected chi connectivity index (χ3v) is 5.38. The van der Waals surface area contributed by atoms with Crippen LogP contribution in [0.25, 0.3) is 10.2 Å². The smallest absolute Gasteiger partial charge is 0.243 e. The van der Waals surface area contributed by atoms with Crippen molar-refractivity contribution in [1.29, 1.82) is 0 Å². The van der Waals surface area contributed by atoms with Gasteiger partial charge in [-0.3, -0.25) is 4.79 Å². The lowest BCUT2D eigenvalue weighted by Crippen LogP contribution is -2.30. The van der Waals surface area contributed by atoms with Crippen LogP contribution in [0.3, 0.4) is 0 Å². The van der Waals surface area contributed by atoms with Crippen molar-refractivity contribution in [3.63, 3.8) is 0 Å². The highest BCUT2D eigenvalue weighted by atomic mass is 32.2. The maximum absolute atomic E-state index is 13.7. The van der Waals surface area contributed by atoms with Crippen molar-refractivity contribution >= 4 is 50.0 Å². The Kier molecular flexibility index (Phi) is 5.01. The first-order valence-electron chi connectivity index (χ1n) is 7.27. The molecule has 0 bridgehead atoms. The Labute approximate surface area is 147 Å². The minimum absolute atomic E-state index is 0.140. The molecule has 124 valence electrons. The first kappa shape index (κ1) is 16.7. The van der Waals surface area contributed by atoms with Gasteiger partial charge in [0, 0.05) is 11.9 Å². The van der Waals surface area contributed by atoms with Crippen molar-refractivity contribution in [2.75, 3.05) is 30.1 Å². The van der Waals surface area contributed by atoms with E-state index in [0.717, 1.165) is 15.3 Å². The molecule has 1 N–H and O–H groups in total. The number of aromatic nitrogens is 1. The van der Waals surface area contributed by atoms with Crippen molar-refractivity contribution in [1.82, 2.24) is 4.98 Å². The molecule has 0 saturated heterocycles. The summed E-state index contributed by atoms with van der Waals surface area (Å²) in [6.07, 6.45) is 1.97. The molecule has 4 nitrogen and oxygen atoms in total. The average molecular weight is 361 g/mol. The summed E-state index contributed by atoms with van der Waals surface area (Å²) < 4.78 is 14.5. The van der Waals surface area contributed by atoms with Crippen LogP contribution in [0.15, 0.2) is 47.4 Å². The van der Waals surface area contributed by atoms with Crippen molar-refractivity contribution < 1.29 is 9.18 Å². The monoisotopic (exact) mass is 361 g/mol. The molecule has 0 saturated carbocycles. The molecule has 24 heavy (non-hydrogen) atoms. The lowest BCUT2D eigenvalue weighted by molar-refractivity contribution is -0.114. The molecule has 0 spiro atoms. The number of nitrogens with zero attached hydrogens (tertiary/aromatic N) is 2. The van der Waals surface area contributed by atoms with Crippen molar-refractivity contribution in [3.05, 3.63) is 48.3 Å². The molecule has 0 unspecified atom stereocenters. The van der Waals surface area contributed by atoms with E-state index in [9.17, 15) is 9.18 Å². The Balaban J connectivity index is 1.72. The van der Waals surface area contributed by atoms with Gasteiger partial charge in [0.2, 0.25) is 5.91 Å². The van der Waals surface area contributed by atoms with E-state index in [1.807, 2.05) is 36.6 Å². The third-order valence-electron chi connectivity index (χ3n) is 3.45. The number of anilines is 2. The molecule has 3 aromatic rings. The van der Waals surface area contributed by atoms with Crippen molar-refractivity contribution in [2.45, 2.75) is 4.90 Å². The summed E-state index contributed by atoms with van der Waals surface area (Å²) >= 11 is 2.94. The predicted octanol–water partition coefficient (Wildman–Crippen LogP) is 4.23.